The molecule has 1 aliphatic heterocycles. The Balaban J connectivity index is 2.47. The minimum Gasteiger partial charge on any atom is -0.394 e. The highest BCUT2D eigenvalue weighted by Gasteiger charge is 2.44. The number of rotatable bonds is 31. The molecule has 1 amide bonds. The van der Waals surface area contributed by atoms with Crippen LogP contribution in [0.2, 0.25) is 0 Å². The van der Waals surface area contributed by atoms with Gasteiger partial charge < -0.3 is 45.4 Å². The fraction of sp³-hybridized carbons (Fsp3) is 0.973. The second kappa shape index (κ2) is 28.9. The second-order valence-corrected chi connectivity index (χ2v) is 13.9. The van der Waals surface area contributed by atoms with Crippen LogP contribution in [0.5, 0.6) is 0 Å². The average Bonchev–Trinajstić information content (AvgIpc) is 3.07. The molecule has 1 rings (SSSR count). The van der Waals surface area contributed by atoms with E-state index in [1.807, 2.05) is 0 Å². The van der Waals surface area contributed by atoms with Crippen LogP contribution in [-0.4, -0.2) is 98.7 Å². The Morgan fingerprint density at radius 1 is 0.660 bits per heavy atom. The average molecular weight is 676 g/mol. The minimum absolute atomic E-state index is 0.260. The van der Waals surface area contributed by atoms with Gasteiger partial charge in [0.05, 0.1) is 25.4 Å². The molecule has 0 bridgehead atoms. The Morgan fingerprint density at radius 3 is 1.57 bits per heavy atom. The smallest absolute Gasteiger partial charge is 0.220 e. The Hall–Kier alpha value is -0.850. The highest BCUT2D eigenvalue weighted by atomic mass is 16.7. The van der Waals surface area contributed by atoms with E-state index in [2.05, 4.69) is 19.2 Å². The summed E-state index contributed by atoms with van der Waals surface area (Å²) in [5.41, 5.74) is 0. The molecule has 280 valence electrons. The molecular weight excluding hydrogens is 602 g/mol. The maximum atomic E-state index is 12.9. The summed E-state index contributed by atoms with van der Waals surface area (Å²) in [7, 11) is 0. The van der Waals surface area contributed by atoms with Gasteiger partial charge in [-0.25, -0.2) is 0 Å². The summed E-state index contributed by atoms with van der Waals surface area (Å²) >= 11 is 0. The van der Waals surface area contributed by atoms with Gasteiger partial charge in [0.25, 0.3) is 0 Å². The first-order valence-electron chi connectivity index (χ1n) is 19.3. The largest absolute Gasteiger partial charge is 0.394 e. The second-order valence-electron chi connectivity index (χ2n) is 13.9. The van der Waals surface area contributed by atoms with Crippen molar-refractivity contribution in [2.45, 2.75) is 217 Å². The van der Waals surface area contributed by atoms with E-state index in [1.165, 1.54) is 89.9 Å². The molecule has 1 aliphatic rings. The maximum Gasteiger partial charge on any atom is 0.220 e. The van der Waals surface area contributed by atoms with Crippen molar-refractivity contribution < 1.29 is 44.9 Å². The van der Waals surface area contributed by atoms with Gasteiger partial charge in [0, 0.05) is 6.42 Å². The molecule has 10 nitrogen and oxygen atoms in total. The summed E-state index contributed by atoms with van der Waals surface area (Å²) in [6, 6.07) is -0.981. The number of carbonyl (C=O) groups excluding carboxylic acids is 1. The van der Waals surface area contributed by atoms with Crippen molar-refractivity contribution in [2.75, 3.05) is 13.2 Å². The van der Waals surface area contributed by atoms with Gasteiger partial charge in [-0.15, -0.1) is 0 Å². The van der Waals surface area contributed by atoms with Crippen LogP contribution in [-0.2, 0) is 14.3 Å². The fourth-order valence-electron chi connectivity index (χ4n) is 6.31. The number of amides is 1. The van der Waals surface area contributed by atoms with Gasteiger partial charge in [-0.2, -0.15) is 0 Å². The maximum absolute atomic E-state index is 12.9. The van der Waals surface area contributed by atoms with Crippen LogP contribution in [0, 0.1) is 0 Å². The lowest BCUT2D eigenvalue weighted by Gasteiger charge is -2.40. The highest BCUT2D eigenvalue weighted by Crippen LogP contribution is 2.23. The van der Waals surface area contributed by atoms with Crippen molar-refractivity contribution in [3.63, 3.8) is 0 Å². The van der Waals surface area contributed by atoms with Crippen LogP contribution < -0.4 is 5.32 Å². The fourth-order valence-corrected chi connectivity index (χ4v) is 6.31. The number of carbonyl (C=O) groups is 1. The standard InChI is InChI=1S/C37H73NO9/c1-3-5-7-9-11-13-14-15-16-17-18-20-22-24-26-32(41)38-29(28-46-37-36(45)35(44)34(43)31(27-39)47-37)33(42)30(40)25-23-21-19-12-10-8-6-4-2/h29-31,33-37,39-40,42-45H,3-28H2,1-2H3,(H,38,41)/t29-,30+,31+,33-,34-,35?,36?,37+/m0/s1. The molecule has 0 aromatic carbocycles. The minimum atomic E-state index is -1.60. The van der Waals surface area contributed by atoms with E-state index in [4.69, 9.17) is 9.47 Å². The van der Waals surface area contributed by atoms with E-state index < -0.39 is 55.6 Å². The molecule has 0 aliphatic carbocycles. The van der Waals surface area contributed by atoms with Crippen LogP contribution in [0.15, 0.2) is 0 Å². The zero-order valence-corrected chi connectivity index (χ0v) is 29.9. The number of unbranched alkanes of at least 4 members (excludes halogenated alkanes) is 20. The topological polar surface area (TPSA) is 169 Å². The molecule has 2 unspecified atom stereocenters. The SMILES string of the molecule is CCCCCCCCCCCCCCCCC(=O)N[C@@H](CO[C@@H]1O[C@H](CO)[C@H](O)C(O)C1O)[C@H](O)[C@H](O)CCCCCCCCCC. The third-order valence-corrected chi connectivity index (χ3v) is 9.55. The molecule has 8 atom stereocenters. The summed E-state index contributed by atoms with van der Waals surface area (Å²) in [5.74, 6) is -0.260. The molecule has 0 aromatic heterocycles. The van der Waals surface area contributed by atoms with E-state index >= 15 is 0 Å². The van der Waals surface area contributed by atoms with E-state index in [-0.39, 0.29) is 18.9 Å². The molecule has 0 saturated carbocycles. The van der Waals surface area contributed by atoms with Gasteiger partial charge in [-0.1, -0.05) is 149 Å². The number of hydrogen-bond acceptors (Lipinski definition) is 9. The molecule has 0 radical (unpaired) electrons. The number of nitrogens with one attached hydrogen (secondary N) is 1. The molecular formula is C37H73NO9. The molecule has 10 heteroatoms. The molecule has 1 fully saturated rings. The van der Waals surface area contributed by atoms with Crippen LogP contribution in [0.1, 0.15) is 168 Å². The van der Waals surface area contributed by atoms with E-state index in [1.54, 1.807) is 0 Å². The van der Waals surface area contributed by atoms with Crippen molar-refractivity contribution >= 4 is 5.91 Å². The summed E-state index contributed by atoms with van der Waals surface area (Å²) in [5, 5.41) is 64.6. The normalized spacial score (nSPS) is 23.4. The van der Waals surface area contributed by atoms with E-state index in [0.29, 0.717) is 6.42 Å². The van der Waals surface area contributed by atoms with Crippen molar-refractivity contribution in [2.24, 2.45) is 0 Å². The number of ether oxygens (including phenoxy) is 2. The van der Waals surface area contributed by atoms with Crippen molar-refractivity contribution in [1.29, 1.82) is 0 Å². The van der Waals surface area contributed by atoms with Crippen LogP contribution in [0.3, 0.4) is 0 Å². The zero-order chi connectivity index (χ0) is 34.7. The molecule has 0 spiro atoms. The van der Waals surface area contributed by atoms with Crippen molar-refractivity contribution in [3.8, 4) is 0 Å². The lowest BCUT2D eigenvalue weighted by molar-refractivity contribution is -0.303. The van der Waals surface area contributed by atoms with Gasteiger partial charge in [0.2, 0.25) is 5.91 Å². The monoisotopic (exact) mass is 676 g/mol. The Morgan fingerprint density at radius 2 is 1.11 bits per heavy atom. The Labute approximate surface area is 286 Å². The third kappa shape index (κ3) is 20.4. The van der Waals surface area contributed by atoms with E-state index in [0.717, 1.165) is 51.4 Å². The quantitative estimate of drug-likeness (QED) is 0.0475. The predicted octanol–water partition coefficient (Wildman–Crippen LogP) is 5.41. The number of aliphatic hydroxyl groups is 6. The van der Waals surface area contributed by atoms with Crippen LogP contribution in [0.4, 0.5) is 0 Å². The third-order valence-electron chi connectivity index (χ3n) is 9.55. The van der Waals surface area contributed by atoms with Gasteiger partial charge in [0.1, 0.15) is 30.5 Å². The van der Waals surface area contributed by atoms with Gasteiger partial charge in [-0.05, 0) is 12.8 Å². The van der Waals surface area contributed by atoms with Gasteiger partial charge in [0.15, 0.2) is 6.29 Å². The van der Waals surface area contributed by atoms with Gasteiger partial charge in [-0.3, -0.25) is 4.79 Å². The summed E-state index contributed by atoms with van der Waals surface area (Å²) in [6.07, 6.45) is 17.0. The number of aliphatic hydroxyl groups excluding tert-OH is 6. The summed E-state index contributed by atoms with van der Waals surface area (Å²) < 4.78 is 11.1. The Kier molecular flexibility index (Phi) is 27.2. The molecule has 7 N–H and O–H groups in total. The molecule has 1 saturated heterocycles. The lowest BCUT2D eigenvalue weighted by atomic mass is 9.98. The number of hydrogen-bond donors (Lipinski definition) is 7. The Bertz CT molecular complexity index is 728. The first-order valence-corrected chi connectivity index (χ1v) is 19.3. The highest BCUT2D eigenvalue weighted by molar-refractivity contribution is 5.76. The van der Waals surface area contributed by atoms with Crippen molar-refractivity contribution in [3.05, 3.63) is 0 Å². The van der Waals surface area contributed by atoms with Gasteiger partial charge >= 0.3 is 0 Å². The summed E-state index contributed by atoms with van der Waals surface area (Å²) in [4.78, 5) is 12.9. The first-order chi connectivity index (χ1) is 22.8. The van der Waals surface area contributed by atoms with Crippen LogP contribution in [0.25, 0.3) is 0 Å². The predicted molar refractivity (Wildman–Crippen MR) is 186 cm³/mol. The zero-order valence-electron chi connectivity index (χ0n) is 29.9. The molecule has 0 aromatic rings. The van der Waals surface area contributed by atoms with Crippen molar-refractivity contribution in [1.82, 2.24) is 5.32 Å². The first kappa shape index (κ1) is 44.2. The molecule has 1 heterocycles. The lowest BCUT2D eigenvalue weighted by Crippen LogP contribution is -2.60. The summed E-state index contributed by atoms with van der Waals surface area (Å²) in [6.45, 7) is 3.54. The van der Waals surface area contributed by atoms with Crippen LogP contribution >= 0.6 is 0 Å². The van der Waals surface area contributed by atoms with E-state index in [9.17, 15) is 35.4 Å². The molecule has 47 heavy (non-hydrogen) atoms.